The minimum atomic E-state index is -0.569. The van der Waals surface area contributed by atoms with Crippen molar-refractivity contribution >= 4 is 17.4 Å². The monoisotopic (exact) mass is 266 g/mol. The lowest BCUT2D eigenvalue weighted by Gasteiger charge is -2.08. The van der Waals surface area contributed by atoms with Gasteiger partial charge < -0.3 is 10.6 Å². The molecule has 0 fully saturated rings. The van der Waals surface area contributed by atoms with Gasteiger partial charge in [-0.25, -0.2) is 4.98 Å². The maximum Gasteiger partial charge on any atom is 0.288 e. The van der Waals surface area contributed by atoms with Crippen LogP contribution >= 0.6 is 0 Å². The minimum Gasteiger partial charge on any atom is -0.372 e. The van der Waals surface area contributed by atoms with E-state index in [-0.39, 0.29) is 17.2 Å². The predicted molar refractivity (Wildman–Crippen MR) is 72.3 cm³/mol. The van der Waals surface area contributed by atoms with Crippen molar-refractivity contribution in [3.63, 3.8) is 0 Å². The molecule has 0 saturated carbocycles. The van der Waals surface area contributed by atoms with E-state index in [1.165, 1.54) is 6.07 Å². The summed E-state index contributed by atoms with van der Waals surface area (Å²) in [7, 11) is 1.61. The first-order chi connectivity index (χ1) is 9.10. The van der Waals surface area contributed by atoms with Crippen molar-refractivity contribution in [1.82, 2.24) is 10.3 Å². The fraction of sp³-hybridized carbons (Fsp3) is 0.500. The van der Waals surface area contributed by atoms with Gasteiger partial charge in [-0.15, -0.1) is 0 Å². The molecule has 1 rings (SSSR count). The average molecular weight is 266 g/mol. The van der Waals surface area contributed by atoms with Crippen LogP contribution in [0.15, 0.2) is 12.3 Å². The fourth-order valence-corrected chi connectivity index (χ4v) is 1.60. The van der Waals surface area contributed by atoms with E-state index in [1.54, 1.807) is 7.05 Å². The molecule has 0 radical (unpaired) electrons. The standard InChI is InChI=1S/C12H18N4O3/c1-3-4-5-6-14-12(17)10-7-9(16(18)19)8-15-11(10)13-2/h7-8H,3-6H2,1-2H3,(H,13,15)(H,14,17). The van der Waals surface area contributed by atoms with Gasteiger partial charge in [0, 0.05) is 19.7 Å². The molecule has 0 aliphatic carbocycles. The van der Waals surface area contributed by atoms with E-state index in [0.717, 1.165) is 25.5 Å². The Kier molecular flexibility index (Phi) is 5.72. The molecule has 0 unspecified atom stereocenters. The highest BCUT2D eigenvalue weighted by Crippen LogP contribution is 2.18. The Hall–Kier alpha value is -2.18. The molecule has 7 heteroatoms. The van der Waals surface area contributed by atoms with Gasteiger partial charge in [-0.05, 0) is 6.42 Å². The lowest BCUT2D eigenvalue weighted by Crippen LogP contribution is -2.25. The number of amides is 1. The predicted octanol–water partition coefficient (Wildman–Crippen LogP) is 1.95. The van der Waals surface area contributed by atoms with Crippen LogP contribution in [0.2, 0.25) is 0 Å². The first kappa shape index (κ1) is 14.9. The average Bonchev–Trinajstić information content (AvgIpc) is 2.42. The van der Waals surface area contributed by atoms with Crippen LogP contribution in [-0.2, 0) is 0 Å². The van der Waals surface area contributed by atoms with E-state index < -0.39 is 4.92 Å². The summed E-state index contributed by atoms with van der Waals surface area (Å²) in [6.07, 6.45) is 4.11. The summed E-state index contributed by atoms with van der Waals surface area (Å²) in [5.74, 6) is -0.0183. The molecule has 7 nitrogen and oxygen atoms in total. The van der Waals surface area contributed by atoms with E-state index in [2.05, 4.69) is 22.5 Å². The zero-order valence-corrected chi connectivity index (χ0v) is 11.1. The molecule has 0 aliphatic rings. The number of nitro groups is 1. The van der Waals surface area contributed by atoms with Crippen LogP contribution in [0.25, 0.3) is 0 Å². The number of pyridine rings is 1. The molecule has 1 heterocycles. The molecule has 19 heavy (non-hydrogen) atoms. The zero-order chi connectivity index (χ0) is 14.3. The highest BCUT2D eigenvalue weighted by atomic mass is 16.6. The van der Waals surface area contributed by atoms with Crippen molar-refractivity contribution in [2.45, 2.75) is 26.2 Å². The summed E-state index contributed by atoms with van der Waals surface area (Å²) in [4.78, 5) is 25.9. The quantitative estimate of drug-likeness (QED) is 0.446. The summed E-state index contributed by atoms with van der Waals surface area (Å²) in [6, 6.07) is 1.23. The smallest absolute Gasteiger partial charge is 0.288 e. The zero-order valence-electron chi connectivity index (χ0n) is 11.1. The number of aromatic nitrogens is 1. The number of nitrogens with one attached hydrogen (secondary N) is 2. The van der Waals surface area contributed by atoms with Crippen LogP contribution in [0.4, 0.5) is 11.5 Å². The lowest BCUT2D eigenvalue weighted by molar-refractivity contribution is -0.385. The molecular weight excluding hydrogens is 248 g/mol. The fourth-order valence-electron chi connectivity index (χ4n) is 1.60. The van der Waals surface area contributed by atoms with E-state index >= 15 is 0 Å². The SMILES string of the molecule is CCCCCNC(=O)c1cc([N+](=O)[O-])cnc1NC. The number of hydrogen-bond acceptors (Lipinski definition) is 5. The molecular formula is C12H18N4O3. The van der Waals surface area contributed by atoms with Gasteiger partial charge in [0.2, 0.25) is 0 Å². The Bertz CT molecular complexity index is 462. The maximum absolute atomic E-state index is 11.9. The van der Waals surface area contributed by atoms with Crippen LogP contribution in [-0.4, -0.2) is 29.4 Å². The number of unbranched alkanes of at least 4 members (excludes halogenated alkanes) is 2. The van der Waals surface area contributed by atoms with Gasteiger partial charge in [0.1, 0.15) is 12.0 Å². The minimum absolute atomic E-state index is 0.188. The maximum atomic E-state index is 11.9. The van der Waals surface area contributed by atoms with Crippen molar-refractivity contribution in [2.75, 3.05) is 18.9 Å². The molecule has 0 bridgehead atoms. The van der Waals surface area contributed by atoms with Gasteiger partial charge in [-0.3, -0.25) is 14.9 Å². The molecule has 0 atom stereocenters. The Balaban J connectivity index is 2.81. The highest BCUT2D eigenvalue weighted by Gasteiger charge is 2.17. The van der Waals surface area contributed by atoms with Crippen LogP contribution in [0, 0.1) is 10.1 Å². The van der Waals surface area contributed by atoms with E-state index in [4.69, 9.17) is 0 Å². The van der Waals surface area contributed by atoms with Gasteiger partial charge in [0.15, 0.2) is 0 Å². The molecule has 1 aromatic heterocycles. The van der Waals surface area contributed by atoms with Crippen LogP contribution in [0.3, 0.4) is 0 Å². The molecule has 1 amide bonds. The Morgan fingerprint density at radius 2 is 2.21 bits per heavy atom. The molecule has 0 spiro atoms. The molecule has 1 aromatic rings. The molecule has 104 valence electrons. The van der Waals surface area contributed by atoms with Crippen LogP contribution in [0.5, 0.6) is 0 Å². The number of carbonyl (C=O) groups excluding carboxylic acids is 1. The second-order valence-corrected chi connectivity index (χ2v) is 4.06. The van der Waals surface area contributed by atoms with E-state index in [1.807, 2.05) is 0 Å². The number of carbonyl (C=O) groups is 1. The number of anilines is 1. The van der Waals surface area contributed by atoms with Gasteiger partial charge >= 0.3 is 0 Å². The summed E-state index contributed by atoms with van der Waals surface area (Å²) in [6.45, 7) is 2.63. The van der Waals surface area contributed by atoms with Crippen molar-refractivity contribution in [3.8, 4) is 0 Å². The molecule has 0 aromatic carbocycles. The third kappa shape index (κ3) is 4.20. The van der Waals surface area contributed by atoms with Gasteiger partial charge in [-0.2, -0.15) is 0 Å². The Labute approximate surface area is 111 Å². The first-order valence-corrected chi connectivity index (χ1v) is 6.20. The van der Waals surface area contributed by atoms with Gasteiger partial charge in [-0.1, -0.05) is 19.8 Å². The van der Waals surface area contributed by atoms with E-state index in [0.29, 0.717) is 12.4 Å². The number of nitrogens with zero attached hydrogens (tertiary/aromatic N) is 2. The van der Waals surface area contributed by atoms with Crippen molar-refractivity contribution < 1.29 is 9.72 Å². The number of rotatable bonds is 7. The van der Waals surface area contributed by atoms with Crippen molar-refractivity contribution in [2.24, 2.45) is 0 Å². The Morgan fingerprint density at radius 3 is 2.79 bits per heavy atom. The van der Waals surface area contributed by atoms with Crippen molar-refractivity contribution in [3.05, 3.63) is 27.9 Å². The third-order valence-electron chi connectivity index (χ3n) is 2.63. The molecule has 0 aliphatic heterocycles. The van der Waals surface area contributed by atoms with E-state index in [9.17, 15) is 14.9 Å². The van der Waals surface area contributed by atoms with Gasteiger partial charge in [0.05, 0.1) is 10.5 Å². The summed E-state index contributed by atoms with van der Waals surface area (Å²) in [5.41, 5.74) is -0.00842. The molecule has 0 saturated heterocycles. The molecule has 2 N–H and O–H groups in total. The highest BCUT2D eigenvalue weighted by molar-refractivity contribution is 5.99. The second kappa shape index (κ2) is 7.30. The summed E-state index contributed by atoms with van der Waals surface area (Å²) >= 11 is 0. The normalized spacial score (nSPS) is 10.0. The first-order valence-electron chi connectivity index (χ1n) is 6.20. The summed E-state index contributed by atoms with van der Waals surface area (Å²) < 4.78 is 0. The lowest BCUT2D eigenvalue weighted by atomic mass is 10.2. The number of hydrogen-bond donors (Lipinski definition) is 2. The van der Waals surface area contributed by atoms with Gasteiger partial charge in [0.25, 0.3) is 11.6 Å². The third-order valence-corrected chi connectivity index (χ3v) is 2.63. The summed E-state index contributed by atoms with van der Waals surface area (Å²) in [5, 5.41) is 16.2. The van der Waals surface area contributed by atoms with Crippen molar-refractivity contribution in [1.29, 1.82) is 0 Å². The second-order valence-electron chi connectivity index (χ2n) is 4.06. The van der Waals surface area contributed by atoms with Crippen LogP contribution in [0.1, 0.15) is 36.5 Å². The Morgan fingerprint density at radius 1 is 1.47 bits per heavy atom. The topological polar surface area (TPSA) is 97.2 Å². The van der Waals surface area contributed by atoms with Crippen LogP contribution < -0.4 is 10.6 Å². The largest absolute Gasteiger partial charge is 0.372 e.